The standard InChI is InChI=1S/C64H77N5O14S/c1-4-7-8-13-38-69(64-68-58-59(84-64)66-37-36-65-58)67-44-49-43-54(82-62(74)47-20-18-45(19-21-47)60(72)80-52-30-26-50(27-31-52)76-39-14-9-11-16-41-78-56(70)5-2)34-35-55(49)83-63(75)48-24-22-46(23-25-48)61(73)81-53-32-28-51(29-33-53)77-40-15-10-12-17-42-79-57(71)6-3/h5-6,26-37,43-48H,2-4,7-25,38-42H2,1H3. The van der Waals surface area contributed by atoms with Crippen molar-refractivity contribution in [2.45, 2.75) is 135 Å². The average molecular weight is 1170 g/mol. The summed E-state index contributed by atoms with van der Waals surface area (Å²) in [5, 5.41) is 7.25. The maximum atomic E-state index is 13.9. The summed E-state index contributed by atoms with van der Waals surface area (Å²) in [6, 6.07) is 18.6. The summed E-state index contributed by atoms with van der Waals surface area (Å²) in [6.45, 7) is 11.3. The number of anilines is 1. The maximum absolute atomic E-state index is 13.9. The van der Waals surface area contributed by atoms with Crippen LogP contribution in [0.3, 0.4) is 0 Å². The molecule has 448 valence electrons. The monoisotopic (exact) mass is 1170 g/mol. The van der Waals surface area contributed by atoms with Crippen LogP contribution in [-0.2, 0) is 38.2 Å². The summed E-state index contributed by atoms with van der Waals surface area (Å²) < 4.78 is 45.3. The largest absolute Gasteiger partial charge is 0.494 e. The van der Waals surface area contributed by atoms with Gasteiger partial charge in [-0.3, -0.25) is 19.2 Å². The first-order valence-corrected chi connectivity index (χ1v) is 30.2. The first-order valence-electron chi connectivity index (χ1n) is 29.4. The molecule has 5 aromatic rings. The van der Waals surface area contributed by atoms with E-state index in [-0.39, 0.29) is 29.4 Å². The predicted octanol–water partition coefficient (Wildman–Crippen LogP) is 12.5. The minimum atomic E-state index is -0.477. The van der Waals surface area contributed by atoms with Crippen molar-refractivity contribution < 1.29 is 66.7 Å². The molecule has 0 N–H and O–H groups in total. The molecule has 7 rings (SSSR count). The number of hydrogen-bond donors (Lipinski definition) is 0. The Kier molecular flexibility index (Phi) is 26.2. The highest BCUT2D eigenvalue weighted by atomic mass is 32.1. The van der Waals surface area contributed by atoms with Crippen molar-refractivity contribution in [3.8, 4) is 34.5 Å². The number of hydrogen-bond acceptors (Lipinski definition) is 20. The van der Waals surface area contributed by atoms with Crippen LogP contribution in [0, 0.1) is 23.7 Å². The summed E-state index contributed by atoms with van der Waals surface area (Å²) in [4.78, 5) is 90.8. The second kappa shape index (κ2) is 34.6. The number of thiazole rings is 1. The van der Waals surface area contributed by atoms with E-state index in [0.717, 1.165) is 89.2 Å². The maximum Gasteiger partial charge on any atom is 0.330 e. The quantitative estimate of drug-likeness (QED) is 0.00930. The normalized spacial score (nSPS) is 16.7. The third-order valence-corrected chi connectivity index (χ3v) is 15.5. The molecule has 2 aliphatic carbocycles. The third kappa shape index (κ3) is 21.0. The van der Waals surface area contributed by atoms with Gasteiger partial charge < -0.3 is 37.9 Å². The van der Waals surface area contributed by atoms with Gasteiger partial charge in [-0.05, 0) is 176 Å². The Hall–Kier alpha value is -8.00. The molecular weight excluding hydrogens is 1090 g/mol. The average Bonchev–Trinajstić information content (AvgIpc) is 4.13. The summed E-state index contributed by atoms with van der Waals surface area (Å²) in [7, 11) is 0. The molecular formula is C64H77N5O14S. The van der Waals surface area contributed by atoms with Crippen LogP contribution in [0.4, 0.5) is 5.13 Å². The number of aromatic nitrogens is 3. The van der Waals surface area contributed by atoms with Crippen LogP contribution < -0.4 is 33.4 Å². The number of nitrogens with zero attached hydrogens (tertiary/aromatic N) is 5. The molecule has 2 saturated carbocycles. The van der Waals surface area contributed by atoms with Crippen molar-refractivity contribution in [1.82, 2.24) is 15.0 Å². The van der Waals surface area contributed by atoms with E-state index < -0.39 is 41.6 Å². The molecule has 2 aliphatic rings. The van der Waals surface area contributed by atoms with Crippen molar-refractivity contribution in [1.29, 1.82) is 0 Å². The molecule has 0 saturated heterocycles. The SMILES string of the molecule is C=CC(=O)OCCCCCCOc1ccc(OC(=O)C2CCC(C(=O)Oc3ccc(OC(=O)C4CCC(C(=O)Oc5ccc(OCCCCCCOC(=O)C=C)cc5)CC4)c(C=NN(CCCCCC)c4nc5nccnc5s4)c3)CC2)cc1. The lowest BCUT2D eigenvalue weighted by molar-refractivity contribution is -0.145. The number of rotatable bonds is 34. The molecule has 0 unspecified atom stereocenters. The molecule has 0 bridgehead atoms. The molecule has 0 atom stereocenters. The first-order chi connectivity index (χ1) is 41.0. The minimum absolute atomic E-state index is 0.218. The highest BCUT2D eigenvalue weighted by Gasteiger charge is 2.34. The summed E-state index contributed by atoms with van der Waals surface area (Å²) >= 11 is 1.36. The second-order valence-corrected chi connectivity index (χ2v) is 21.8. The fraction of sp³-hybridized carbons (Fsp3) is 0.469. The summed E-state index contributed by atoms with van der Waals surface area (Å²) in [6.07, 6.45) is 21.4. The van der Waals surface area contributed by atoms with E-state index in [0.29, 0.717) is 129 Å². The number of carbonyl (C=O) groups excluding carboxylic acids is 6. The second-order valence-electron chi connectivity index (χ2n) is 20.8. The van der Waals surface area contributed by atoms with Gasteiger partial charge in [0.15, 0.2) is 10.5 Å². The van der Waals surface area contributed by atoms with Crippen molar-refractivity contribution in [2.75, 3.05) is 38.0 Å². The number of benzene rings is 3. The van der Waals surface area contributed by atoms with Gasteiger partial charge in [-0.25, -0.2) is 24.6 Å². The Labute approximate surface area is 495 Å². The molecule has 2 aromatic heterocycles. The van der Waals surface area contributed by atoms with Crippen LogP contribution in [0.2, 0.25) is 0 Å². The van der Waals surface area contributed by atoms with Crippen LogP contribution >= 0.6 is 11.3 Å². The Balaban J connectivity index is 0.911. The van der Waals surface area contributed by atoms with Gasteiger partial charge in [-0.15, -0.1) is 0 Å². The van der Waals surface area contributed by atoms with Gasteiger partial charge in [0, 0.05) is 36.7 Å². The number of hydrazone groups is 1. The molecule has 0 radical (unpaired) electrons. The Morgan fingerprint density at radius 3 is 1.44 bits per heavy atom. The number of unbranched alkanes of at least 4 members (excludes halogenated alkanes) is 9. The van der Waals surface area contributed by atoms with E-state index in [9.17, 15) is 28.8 Å². The minimum Gasteiger partial charge on any atom is -0.494 e. The molecule has 2 fully saturated rings. The lowest BCUT2D eigenvalue weighted by atomic mass is 9.82. The number of carbonyl (C=O) groups is 6. The van der Waals surface area contributed by atoms with E-state index in [4.69, 9.17) is 48.0 Å². The van der Waals surface area contributed by atoms with Crippen molar-refractivity contribution >= 4 is 69.0 Å². The van der Waals surface area contributed by atoms with Gasteiger partial charge in [-0.1, -0.05) is 50.7 Å². The fourth-order valence-electron chi connectivity index (χ4n) is 9.67. The summed E-state index contributed by atoms with van der Waals surface area (Å²) in [5.41, 5.74) is 0.896. The van der Waals surface area contributed by atoms with Crippen molar-refractivity contribution in [2.24, 2.45) is 28.8 Å². The molecule has 0 spiro atoms. The molecule has 2 heterocycles. The van der Waals surface area contributed by atoms with Gasteiger partial charge in [0.2, 0.25) is 5.13 Å². The molecule has 0 amide bonds. The topological polar surface area (TPSA) is 231 Å². The third-order valence-electron chi connectivity index (χ3n) is 14.5. The molecule has 0 aliphatic heterocycles. The Morgan fingerprint density at radius 1 is 0.536 bits per heavy atom. The van der Waals surface area contributed by atoms with E-state index in [1.807, 2.05) is 0 Å². The van der Waals surface area contributed by atoms with Crippen LogP contribution in [0.15, 0.2) is 110 Å². The van der Waals surface area contributed by atoms with Crippen molar-refractivity contribution in [3.05, 3.63) is 110 Å². The smallest absolute Gasteiger partial charge is 0.330 e. The van der Waals surface area contributed by atoms with E-state index in [2.05, 4.69) is 30.0 Å². The molecule has 20 heteroatoms. The Bertz CT molecular complexity index is 2940. The van der Waals surface area contributed by atoms with Gasteiger partial charge in [0.05, 0.1) is 56.3 Å². The lowest BCUT2D eigenvalue weighted by Gasteiger charge is -2.26. The zero-order chi connectivity index (χ0) is 59.3. The molecule has 3 aromatic carbocycles. The first kappa shape index (κ1) is 63.6. The van der Waals surface area contributed by atoms with Crippen LogP contribution in [0.1, 0.15) is 141 Å². The van der Waals surface area contributed by atoms with E-state index in [1.54, 1.807) is 90.3 Å². The van der Waals surface area contributed by atoms with Gasteiger partial charge in [0.1, 0.15) is 34.5 Å². The predicted molar refractivity (Wildman–Crippen MR) is 317 cm³/mol. The van der Waals surface area contributed by atoms with E-state index in [1.165, 1.54) is 11.3 Å². The lowest BCUT2D eigenvalue weighted by Crippen LogP contribution is -2.30. The zero-order valence-corrected chi connectivity index (χ0v) is 48.8. The van der Waals surface area contributed by atoms with Crippen molar-refractivity contribution in [3.63, 3.8) is 0 Å². The zero-order valence-electron chi connectivity index (χ0n) is 48.0. The van der Waals surface area contributed by atoms with Crippen LogP contribution in [0.25, 0.3) is 10.5 Å². The molecule has 84 heavy (non-hydrogen) atoms. The van der Waals surface area contributed by atoms with E-state index >= 15 is 0 Å². The number of fused-ring (bicyclic) bond motifs is 1. The van der Waals surface area contributed by atoms with Crippen LogP contribution in [0.5, 0.6) is 34.5 Å². The summed E-state index contributed by atoms with van der Waals surface area (Å²) in [5.74, 6) is -1.56. The van der Waals surface area contributed by atoms with Gasteiger partial charge >= 0.3 is 35.8 Å². The van der Waals surface area contributed by atoms with Gasteiger partial charge in [0.25, 0.3) is 0 Å². The number of ether oxygens (including phenoxy) is 8. The highest BCUT2D eigenvalue weighted by Crippen LogP contribution is 2.35. The van der Waals surface area contributed by atoms with Gasteiger partial charge in [-0.2, -0.15) is 10.1 Å². The highest BCUT2D eigenvalue weighted by molar-refractivity contribution is 7.21. The number of esters is 6. The van der Waals surface area contributed by atoms with Crippen LogP contribution in [-0.4, -0.2) is 90.0 Å². The Morgan fingerprint density at radius 2 is 0.964 bits per heavy atom. The molecule has 19 nitrogen and oxygen atoms in total. The fourth-order valence-corrected chi connectivity index (χ4v) is 10.5.